The zero-order valence-corrected chi connectivity index (χ0v) is 15.2. The van der Waals surface area contributed by atoms with Gasteiger partial charge in [-0.15, -0.1) is 0 Å². The maximum atomic E-state index is 10.4. The minimum Gasteiger partial charge on any atom is -0.385 e. The summed E-state index contributed by atoms with van der Waals surface area (Å²) in [7, 11) is 0. The van der Waals surface area contributed by atoms with E-state index in [0.29, 0.717) is 10.0 Å². The van der Waals surface area contributed by atoms with Crippen LogP contribution in [0.15, 0.2) is 24.3 Å². The van der Waals surface area contributed by atoms with Gasteiger partial charge in [0.25, 0.3) is 0 Å². The van der Waals surface area contributed by atoms with Crippen molar-refractivity contribution in [1.82, 2.24) is 0 Å². The number of rotatable bonds is 3. The molecule has 0 aromatic heterocycles. The fraction of sp³-hybridized carbons (Fsp3) is 0.143. The van der Waals surface area contributed by atoms with Gasteiger partial charge < -0.3 is 10.2 Å². The largest absolute Gasteiger partial charge is 0.385 e. The van der Waals surface area contributed by atoms with Crippen LogP contribution in [0.3, 0.4) is 0 Å². The molecule has 2 N–H and O–H groups in total. The maximum absolute atomic E-state index is 10.4. The fourth-order valence-corrected chi connectivity index (χ4v) is 4.07. The first-order chi connectivity index (χ1) is 10.2. The molecule has 2 unspecified atom stereocenters. The molecular formula is C14H8Cl6O2. The SMILES string of the molecule is OC(c1c(Cl)cc(Cl)cc1Cl)C(O)c1c(Cl)cc(Cl)cc1Cl. The Hall–Kier alpha value is 0.1000. The van der Waals surface area contributed by atoms with Crippen LogP contribution in [0.25, 0.3) is 0 Å². The predicted octanol–water partition coefficient (Wildman–Crippen LogP) is 6.37. The van der Waals surface area contributed by atoms with Crippen LogP contribution < -0.4 is 0 Å². The van der Waals surface area contributed by atoms with Gasteiger partial charge in [0, 0.05) is 41.3 Å². The molecule has 2 aromatic carbocycles. The first-order valence-electron chi connectivity index (χ1n) is 5.87. The van der Waals surface area contributed by atoms with E-state index in [1.807, 2.05) is 0 Å². The number of hydrogen-bond donors (Lipinski definition) is 2. The predicted molar refractivity (Wildman–Crippen MR) is 92.9 cm³/mol. The number of benzene rings is 2. The van der Waals surface area contributed by atoms with Crippen LogP contribution >= 0.6 is 69.6 Å². The Labute approximate surface area is 157 Å². The lowest BCUT2D eigenvalue weighted by Crippen LogP contribution is -2.12. The Morgan fingerprint density at radius 1 is 0.545 bits per heavy atom. The van der Waals surface area contributed by atoms with E-state index in [1.165, 1.54) is 24.3 Å². The van der Waals surface area contributed by atoms with E-state index in [1.54, 1.807) is 0 Å². The first kappa shape index (κ1) is 18.4. The molecule has 0 heterocycles. The third kappa shape index (κ3) is 3.77. The second kappa shape index (κ2) is 7.33. The average Bonchev–Trinajstić information content (AvgIpc) is 2.35. The zero-order chi connectivity index (χ0) is 16.6. The monoisotopic (exact) mass is 418 g/mol. The van der Waals surface area contributed by atoms with E-state index in [9.17, 15) is 10.2 Å². The van der Waals surface area contributed by atoms with E-state index < -0.39 is 12.2 Å². The number of aliphatic hydroxyl groups is 2. The average molecular weight is 421 g/mol. The molecule has 22 heavy (non-hydrogen) atoms. The summed E-state index contributed by atoms with van der Waals surface area (Å²) in [6.07, 6.45) is -2.90. The Bertz CT molecular complexity index is 611. The van der Waals surface area contributed by atoms with E-state index in [-0.39, 0.29) is 31.2 Å². The molecule has 0 radical (unpaired) electrons. The molecule has 0 fully saturated rings. The number of halogens is 6. The van der Waals surface area contributed by atoms with Gasteiger partial charge in [0.1, 0.15) is 12.2 Å². The quantitative estimate of drug-likeness (QED) is 0.605. The minimum absolute atomic E-state index is 0.116. The van der Waals surface area contributed by atoms with Crippen molar-refractivity contribution in [1.29, 1.82) is 0 Å². The topological polar surface area (TPSA) is 40.5 Å². The molecule has 2 nitrogen and oxygen atoms in total. The normalized spacial score (nSPS) is 14.0. The van der Waals surface area contributed by atoms with Gasteiger partial charge in [0.2, 0.25) is 0 Å². The highest BCUT2D eigenvalue weighted by molar-refractivity contribution is 6.40. The van der Waals surface area contributed by atoms with E-state index in [4.69, 9.17) is 69.6 Å². The van der Waals surface area contributed by atoms with Crippen molar-refractivity contribution < 1.29 is 10.2 Å². The molecule has 0 aliphatic rings. The Morgan fingerprint density at radius 3 is 1.00 bits per heavy atom. The third-order valence-corrected chi connectivity index (χ3v) is 4.67. The summed E-state index contributed by atoms with van der Waals surface area (Å²) in [5, 5.41) is 21.9. The van der Waals surface area contributed by atoms with Gasteiger partial charge in [-0.3, -0.25) is 0 Å². The zero-order valence-electron chi connectivity index (χ0n) is 10.6. The number of hydrogen-bond acceptors (Lipinski definition) is 2. The standard InChI is InChI=1S/C14H8Cl6O2/c15-5-1-7(17)11(8(18)2-5)13(21)14(22)12-9(19)3-6(16)4-10(12)20/h1-4,13-14,21-22H. The number of aliphatic hydroxyl groups excluding tert-OH is 2. The van der Waals surface area contributed by atoms with Gasteiger partial charge in [-0.25, -0.2) is 0 Å². The van der Waals surface area contributed by atoms with Crippen LogP contribution in [-0.2, 0) is 0 Å². The third-order valence-electron chi connectivity index (χ3n) is 2.98. The molecule has 0 amide bonds. The highest BCUT2D eigenvalue weighted by Gasteiger charge is 2.28. The van der Waals surface area contributed by atoms with E-state index >= 15 is 0 Å². The van der Waals surface area contributed by atoms with Gasteiger partial charge in [-0.05, 0) is 24.3 Å². The van der Waals surface area contributed by atoms with Crippen LogP contribution in [0.4, 0.5) is 0 Å². The van der Waals surface area contributed by atoms with Crippen molar-refractivity contribution in [3.63, 3.8) is 0 Å². The van der Waals surface area contributed by atoms with Gasteiger partial charge in [0.15, 0.2) is 0 Å². The van der Waals surface area contributed by atoms with E-state index in [2.05, 4.69) is 0 Å². The van der Waals surface area contributed by atoms with Crippen molar-refractivity contribution in [2.75, 3.05) is 0 Å². The molecule has 0 saturated heterocycles. The summed E-state index contributed by atoms with van der Waals surface area (Å²) in [4.78, 5) is 0. The highest BCUT2D eigenvalue weighted by Crippen LogP contribution is 2.43. The first-order valence-corrected chi connectivity index (χ1v) is 8.14. The molecule has 118 valence electrons. The van der Waals surface area contributed by atoms with Crippen LogP contribution in [0, 0.1) is 0 Å². The molecule has 0 aliphatic heterocycles. The van der Waals surface area contributed by atoms with Gasteiger partial charge in [0.05, 0.1) is 0 Å². The molecule has 2 atom stereocenters. The molecule has 2 rings (SSSR count). The van der Waals surface area contributed by atoms with Crippen molar-refractivity contribution >= 4 is 69.6 Å². The fourth-order valence-electron chi connectivity index (χ4n) is 1.99. The van der Waals surface area contributed by atoms with Gasteiger partial charge in [-0.1, -0.05) is 69.6 Å². The lowest BCUT2D eigenvalue weighted by molar-refractivity contribution is 0.0175. The molecule has 2 aromatic rings. The summed E-state index contributed by atoms with van der Waals surface area (Å²) < 4.78 is 0. The van der Waals surface area contributed by atoms with Gasteiger partial charge in [-0.2, -0.15) is 0 Å². The summed E-state index contributed by atoms with van der Waals surface area (Å²) in [6.45, 7) is 0. The second-order valence-electron chi connectivity index (χ2n) is 4.46. The van der Waals surface area contributed by atoms with Crippen molar-refractivity contribution in [3.05, 3.63) is 65.5 Å². The summed E-state index contributed by atoms with van der Waals surface area (Å²) >= 11 is 35.8. The van der Waals surface area contributed by atoms with Crippen LogP contribution in [-0.4, -0.2) is 10.2 Å². The molecule has 0 saturated carbocycles. The summed E-state index contributed by atoms with van der Waals surface area (Å²) in [5.41, 5.74) is 0.254. The molecule has 0 aliphatic carbocycles. The summed E-state index contributed by atoms with van der Waals surface area (Å²) in [5.74, 6) is 0. The van der Waals surface area contributed by atoms with Crippen LogP contribution in [0.2, 0.25) is 30.1 Å². The Kier molecular flexibility index (Phi) is 6.14. The molecule has 8 heteroatoms. The second-order valence-corrected chi connectivity index (χ2v) is 6.96. The lowest BCUT2D eigenvalue weighted by atomic mass is 9.98. The molecular weight excluding hydrogens is 413 g/mol. The minimum atomic E-state index is -1.45. The lowest BCUT2D eigenvalue weighted by Gasteiger charge is -2.22. The van der Waals surface area contributed by atoms with Crippen molar-refractivity contribution in [3.8, 4) is 0 Å². The smallest absolute Gasteiger partial charge is 0.112 e. The maximum Gasteiger partial charge on any atom is 0.112 e. The van der Waals surface area contributed by atoms with Crippen molar-refractivity contribution in [2.45, 2.75) is 12.2 Å². The molecule has 0 spiro atoms. The highest BCUT2D eigenvalue weighted by atomic mass is 35.5. The Morgan fingerprint density at radius 2 is 0.773 bits per heavy atom. The Balaban J connectivity index is 2.49. The summed E-state index contributed by atoms with van der Waals surface area (Å²) in [6, 6.07) is 5.63. The molecule has 0 bridgehead atoms. The van der Waals surface area contributed by atoms with Crippen LogP contribution in [0.5, 0.6) is 0 Å². The van der Waals surface area contributed by atoms with Crippen LogP contribution in [0.1, 0.15) is 23.3 Å². The van der Waals surface area contributed by atoms with E-state index in [0.717, 1.165) is 0 Å². The van der Waals surface area contributed by atoms with Gasteiger partial charge >= 0.3 is 0 Å². The van der Waals surface area contributed by atoms with Crippen molar-refractivity contribution in [2.24, 2.45) is 0 Å².